The van der Waals surface area contributed by atoms with Gasteiger partial charge in [0.2, 0.25) is 0 Å². The second-order valence-electron chi connectivity index (χ2n) is 13.7. The first kappa shape index (κ1) is 37.6. The van der Waals surface area contributed by atoms with Gasteiger partial charge in [0.15, 0.2) is 17.2 Å². The molecule has 6 rings (SSSR count). The van der Waals surface area contributed by atoms with Gasteiger partial charge in [-0.15, -0.1) is 0 Å². The lowest BCUT2D eigenvalue weighted by Gasteiger charge is -2.20. The van der Waals surface area contributed by atoms with Crippen LogP contribution >= 0.6 is 7.82 Å². The molecule has 7 nitrogen and oxygen atoms in total. The molecule has 0 spiro atoms. The molecule has 6 aromatic carbocycles. The first-order chi connectivity index (χ1) is 25.3. The van der Waals surface area contributed by atoms with Crippen molar-refractivity contribution < 1.29 is 33.3 Å². The summed E-state index contributed by atoms with van der Waals surface area (Å²) in [5.41, 5.74) is 14.6. The van der Waals surface area contributed by atoms with Crippen molar-refractivity contribution in [2.24, 2.45) is 0 Å². The van der Waals surface area contributed by atoms with Crippen molar-refractivity contribution in [2.45, 2.75) is 62.3 Å². The molecule has 0 aliphatic rings. The summed E-state index contributed by atoms with van der Waals surface area (Å²) in [7, 11) is -4.82. The minimum absolute atomic E-state index is 0.301. The molecular formula is C45H45O7P. The van der Waals surface area contributed by atoms with Crippen molar-refractivity contribution in [3.05, 3.63) is 159 Å². The number of hydrogen-bond acceptors (Lipinski definition) is 7. The van der Waals surface area contributed by atoms with E-state index in [1.807, 2.05) is 153 Å². The molecule has 0 aromatic heterocycles. The molecule has 0 aliphatic heterocycles. The highest BCUT2D eigenvalue weighted by Crippen LogP contribution is 2.52. The summed E-state index contributed by atoms with van der Waals surface area (Å²) in [6.45, 7) is 18.2. The van der Waals surface area contributed by atoms with E-state index in [1.54, 1.807) is 18.2 Å². The molecule has 0 fully saturated rings. The maximum Gasteiger partial charge on any atom is 0.583 e. The third kappa shape index (κ3) is 8.40. The molecule has 8 heteroatoms. The molecule has 0 unspecified atom stereocenters. The van der Waals surface area contributed by atoms with Crippen LogP contribution in [0.2, 0.25) is 0 Å². The molecular weight excluding hydrogens is 683 g/mol. The summed E-state index contributed by atoms with van der Waals surface area (Å²) in [4.78, 5) is 17.5. The van der Waals surface area contributed by atoms with Crippen LogP contribution in [0.15, 0.2) is 109 Å². The van der Waals surface area contributed by atoms with Crippen molar-refractivity contribution in [3.8, 4) is 50.6 Å². The molecule has 0 N–H and O–H groups in total. The minimum atomic E-state index is -4.82. The third-order valence-corrected chi connectivity index (χ3v) is 10.5. The van der Waals surface area contributed by atoms with Crippen molar-refractivity contribution in [2.75, 3.05) is 0 Å². The van der Waals surface area contributed by atoms with E-state index in [-0.39, 0.29) is 0 Å². The molecule has 0 atom stereocenters. The lowest BCUT2D eigenvalue weighted by molar-refractivity contribution is -0.237. The van der Waals surface area contributed by atoms with Crippen LogP contribution in [0, 0.1) is 62.3 Å². The molecule has 0 bridgehead atoms. The molecule has 0 saturated carbocycles. The predicted octanol–water partition coefficient (Wildman–Crippen LogP) is 12.9. The normalized spacial score (nSPS) is 11.4. The first-order valence-electron chi connectivity index (χ1n) is 17.5. The quantitative estimate of drug-likeness (QED) is 0.0705. The van der Waals surface area contributed by atoms with Gasteiger partial charge in [-0.1, -0.05) is 104 Å². The van der Waals surface area contributed by atoms with Crippen molar-refractivity contribution in [3.63, 3.8) is 0 Å². The van der Waals surface area contributed by atoms with Gasteiger partial charge in [-0.25, -0.2) is 4.57 Å². The average Bonchev–Trinajstić information content (AvgIpc) is 3.13. The Morgan fingerprint density at radius 3 is 0.925 bits per heavy atom. The number of rotatable bonds is 12. The van der Waals surface area contributed by atoms with Crippen LogP contribution in [0.3, 0.4) is 0 Å². The van der Waals surface area contributed by atoms with E-state index in [9.17, 15) is 4.57 Å². The van der Waals surface area contributed by atoms with Gasteiger partial charge < -0.3 is 14.7 Å². The topological polar surface area (TPSA) is 72.5 Å². The summed E-state index contributed by atoms with van der Waals surface area (Å²) in [6.07, 6.45) is 0. The highest BCUT2D eigenvalue weighted by molar-refractivity contribution is 7.48. The van der Waals surface area contributed by atoms with Crippen molar-refractivity contribution in [1.29, 1.82) is 0 Å². The van der Waals surface area contributed by atoms with Crippen LogP contribution in [0.1, 0.15) is 50.1 Å². The van der Waals surface area contributed by atoms with Gasteiger partial charge in [0.05, 0.1) is 0 Å². The van der Waals surface area contributed by atoms with Crippen molar-refractivity contribution in [1.82, 2.24) is 0 Å². The molecule has 0 saturated heterocycles. The average molecular weight is 729 g/mol. The Morgan fingerprint density at radius 2 is 0.642 bits per heavy atom. The largest absolute Gasteiger partial charge is 0.583 e. The van der Waals surface area contributed by atoms with E-state index in [1.165, 1.54) is 0 Å². The molecule has 0 heterocycles. The Balaban J connectivity index is 1.36. The van der Waals surface area contributed by atoms with Crippen molar-refractivity contribution >= 4 is 7.82 Å². The minimum Gasteiger partial charge on any atom is -0.326 e. The number of aryl methyl sites for hydroxylation is 6. The van der Waals surface area contributed by atoms with Crippen LogP contribution in [-0.2, 0) is 18.6 Å². The van der Waals surface area contributed by atoms with Crippen LogP contribution in [0.25, 0.3) is 33.4 Å². The molecule has 272 valence electrons. The maximum absolute atomic E-state index is 14.6. The number of phosphoric acid groups is 1. The zero-order valence-corrected chi connectivity index (χ0v) is 32.6. The number of hydrogen-bond donors (Lipinski definition) is 0. The van der Waals surface area contributed by atoms with Gasteiger partial charge in [-0.2, -0.15) is 0 Å². The predicted molar refractivity (Wildman–Crippen MR) is 211 cm³/mol. The summed E-state index contributed by atoms with van der Waals surface area (Å²) in [5, 5.41) is 0. The van der Waals surface area contributed by atoms with E-state index in [2.05, 4.69) is 0 Å². The fourth-order valence-corrected chi connectivity index (χ4v) is 6.79. The highest BCUT2D eigenvalue weighted by atomic mass is 31.2. The Hall–Kier alpha value is -5.17. The van der Waals surface area contributed by atoms with Gasteiger partial charge in [0.1, 0.15) is 0 Å². The lowest BCUT2D eigenvalue weighted by Crippen LogP contribution is -2.09. The zero-order valence-electron chi connectivity index (χ0n) is 31.7. The summed E-state index contributed by atoms with van der Waals surface area (Å²) in [6, 6.07) is 34.9. The Morgan fingerprint density at radius 1 is 0.358 bits per heavy atom. The van der Waals surface area contributed by atoms with E-state index >= 15 is 0 Å². The Kier molecular flexibility index (Phi) is 11.2. The fourth-order valence-electron chi connectivity index (χ4n) is 6.20. The standard InChI is InChI=1S/C45H45O7P/c1-28-19-22-43(40(25-28)37-16-10-13-31(4)34(37)7)47-50-53(46,51-48-44-23-20-29(2)26-41(44)38-17-11-14-32(5)35(38)8)52-49-45-24-21-30(3)27-42(45)39-18-12-15-33(6)36(39)9/h10-27H,1-9H3. The maximum atomic E-state index is 14.6. The fraction of sp³-hybridized carbons (Fsp3) is 0.200. The highest BCUT2D eigenvalue weighted by Gasteiger charge is 2.37. The van der Waals surface area contributed by atoms with Crippen LogP contribution < -0.4 is 14.7 Å². The second-order valence-corrected chi connectivity index (χ2v) is 15.0. The van der Waals surface area contributed by atoms with Crippen LogP contribution in [0.5, 0.6) is 17.2 Å². The zero-order chi connectivity index (χ0) is 37.9. The molecule has 0 aliphatic carbocycles. The molecule has 6 aromatic rings. The monoisotopic (exact) mass is 728 g/mol. The smallest absolute Gasteiger partial charge is 0.326 e. The summed E-state index contributed by atoms with van der Waals surface area (Å²) in [5.74, 6) is 0.902. The molecule has 53 heavy (non-hydrogen) atoms. The summed E-state index contributed by atoms with van der Waals surface area (Å²) < 4.78 is 31.4. The SMILES string of the molecule is Cc1ccc(OOP(=O)(OOc2ccc(C)cc2-c2cccc(C)c2C)OOc2ccc(C)cc2-c2cccc(C)c2C)c(-c2cccc(C)c2C)c1. The second kappa shape index (κ2) is 15.8. The molecule has 0 radical (unpaired) electrons. The van der Waals surface area contributed by atoms with Crippen LogP contribution in [0.4, 0.5) is 0 Å². The Labute approximate surface area is 312 Å². The van der Waals surface area contributed by atoms with Gasteiger partial charge in [-0.05, 0) is 149 Å². The van der Waals surface area contributed by atoms with Gasteiger partial charge in [0.25, 0.3) is 0 Å². The van der Waals surface area contributed by atoms with Gasteiger partial charge in [-0.3, -0.25) is 0 Å². The number of benzene rings is 6. The van der Waals surface area contributed by atoms with E-state index < -0.39 is 7.82 Å². The summed E-state index contributed by atoms with van der Waals surface area (Å²) >= 11 is 0. The van der Waals surface area contributed by atoms with E-state index in [0.717, 1.165) is 83.5 Å². The van der Waals surface area contributed by atoms with E-state index in [4.69, 9.17) is 28.7 Å². The lowest BCUT2D eigenvalue weighted by atomic mass is 9.95. The van der Waals surface area contributed by atoms with Crippen LogP contribution in [-0.4, -0.2) is 0 Å². The Bertz CT molecular complexity index is 2090. The first-order valence-corrected chi connectivity index (χ1v) is 19.0. The molecule has 0 amide bonds. The van der Waals surface area contributed by atoms with E-state index in [0.29, 0.717) is 17.2 Å². The third-order valence-electron chi connectivity index (χ3n) is 9.74. The van der Waals surface area contributed by atoms with Gasteiger partial charge >= 0.3 is 7.82 Å². The van der Waals surface area contributed by atoms with Gasteiger partial charge in [0, 0.05) is 16.7 Å².